The van der Waals surface area contributed by atoms with Gasteiger partial charge in [-0.2, -0.15) is 0 Å². The maximum atomic E-state index is 5.68. The lowest BCUT2D eigenvalue weighted by Crippen LogP contribution is -2.38. The molecule has 0 radical (unpaired) electrons. The molecule has 0 fully saturated rings. The summed E-state index contributed by atoms with van der Waals surface area (Å²) in [5.74, 6) is 2.71. The summed E-state index contributed by atoms with van der Waals surface area (Å²) < 4.78 is 13.0. The van der Waals surface area contributed by atoms with Gasteiger partial charge in [0.15, 0.2) is 5.96 Å². The topological polar surface area (TPSA) is 72.7 Å². The van der Waals surface area contributed by atoms with Gasteiger partial charge < -0.3 is 24.7 Å². The van der Waals surface area contributed by atoms with E-state index >= 15 is 0 Å². The van der Waals surface area contributed by atoms with Crippen molar-refractivity contribution < 1.29 is 9.47 Å². The van der Waals surface area contributed by atoms with E-state index in [1.165, 1.54) is 5.52 Å². The Labute approximate surface area is 184 Å². The number of nitrogens with zero attached hydrogens (tertiary/aromatic N) is 3. The number of nitrogens with one attached hydrogen (secondary N) is 2. The fourth-order valence-corrected chi connectivity index (χ4v) is 3.41. The summed E-state index contributed by atoms with van der Waals surface area (Å²) in [7, 11) is 1.67. The molecule has 2 N–H and O–H groups in total. The van der Waals surface area contributed by atoms with E-state index in [0.717, 1.165) is 54.7 Å². The molecule has 0 saturated carbocycles. The van der Waals surface area contributed by atoms with Crippen molar-refractivity contribution in [2.45, 2.75) is 33.4 Å². The molecule has 0 aliphatic heterocycles. The Kier molecular flexibility index (Phi) is 8.72. The number of aliphatic imine (C=N–C) groups is 1. The summed E-state index contributed by atoms with van der Waals surface area (Å²) >= 11 is 0. The molecule has 7 heteroatoms. The Morgan fingerprint density at radius 1 is 1.10 bits per heavy atom. The number of aromatic nitrogens is 2. The third-order valence-corrected chi connectivity index (χ3v) is 4.91. The first kappa shape index (κ1) is 22.6. The molecule has 0 bridgehead atoms. The molecular weight excluding hydrogens is 390 g/mol. The molecule has 0 amide bonds. The lowest BCUT2D eigenvalue weighted by molar-refractivity contribution is 0.146. The number of para-hydroxylation sites is 2. The average molecular weight is 424 g/mol. The van der Waals surface area contributed by atoms with E-state index < -0.39 is 0 Å². The SMILES string of the molecule is CCNC(=NCc1cccc(OCCOC)c1)NCCCn1c(C)nc2ccccc21. The zero-order chi connectivity index (χ0) is 21.9. The molecular formula is C24H33N5O2. The van der Waals surface area contributed by atoms with Crippen LogP contribution in [-0.4, -0.2) is 48.9 Å². The van der Waals surface area contributed by atoms with Gasteiger partial charge in [0.05, 0.1) is 24.2 Å². The lowest BCUT2D eigenvalue weighted by atomic mass is 10.2. The molecule has 0 saturated heterocycles. The van der Waals surface area contributed by atoms with Crippen LogP contribution in [0.4, 0.5) is 0 Å². The summed E-state index contributed by atoms with van der Waals surface area (Å²) in [6, 6.07) is 16.3. The Balaban J connectivity index is 1.52. The number of guanidine groups is 1. The molecule has 0 unspecified atom stereocenters. The van der Waals surface area contributed by atoms with Crippen LogP contribution in [0, 0.1) is 6.92 Å². The smallest absolute Gasteiger partial charge is 0.191 e. The lowest BCUT2D eigenvalue weighted by Gasteiger charge is -2.12. The van der Waals surface area contributed by atoms with Gasteiger partial charge in [0.1, 0.15) is 18.2 Å². The van der Waals surface area contributed by atoms with Crippen LogP contribution in [0.2, 0.25) is 0 Å². The largest absolute Gasteiger partial charge is 0.491 e. The highest BCUT2D eigenvalue weighted by atomic mass is 16.5. The van der Waals surface area contributed by atoms with Crippen molar-refractivity contribution in [2.75, 3.05) is 33.4 Å². The van der Waals surface area contributed by atoms with Crippen molar-refractivity contribution in [1.82, 2.24) is 20.2 Å². The van der Waals surface area contributed by atoms with Gasteiger partial charge in [-0.15, -0.1) is 0 Å². The van der Waals surface area contributed by atoms with Crippen molar-refractivity contribution in [1.29, 1.82) is 0 Å². The number of rotatable bonds is 11. The second kappa shape index (κ2) is 12.0. The van der Waals surface area contributed by atoms with Crippen LogP contribution >= 0.6 is 0 Å². The van der Waals surface area contributed by atoms with Crippen molar-refractivity contribution >= 4 is 17.0 Å². The van der Waals surface area contributed by atoms with Crippen LogP contribution < -0.4 is 15.4 Å². The van der Waals surface area contributed by atoms with Crippen molar-refractivity contribution in [3.63, 3.8) is 0 Å². The summed E-state index contributed by atoms with van der Waals surface area (Å²) in [4.78, 5) is 9.36. The van der Waals surface area contributed by atoms with Gasteiger partial charge in [0.25, 0.3) is 0 Å². The zero-order valence-corrected chi connectivity index (χ0v) is 18.7. The monoisotopic (exact) mass is 423 g/mol. The van der Waals surface area contributed by atoms with Crippen LogP contribution in [0.25, 0.3) is 11.0 Å². The maximum Gasteiger partial charge on any atom is 0.191 e. The number of hydrogen-bond acceptors (Lipinski definition) is 4. The maximum absolute atomic E-state index is 5.68. The van der Waals surface area contributed by atoms with Gasteiger partial charge in [-0.3, -0.25) is 0 Å². The number of aryl methyl sites for hydroxylation is 2. The number of methoxy groups -OCH3 is 1. The highest BCUT2D eigenvalue weighted by Gasteiger charge is 2.06. The first-order chi connectivity index (χ1) is 15.2. The van der Waals surface area contributed by atoms with Gasteiger partial charge in [-0.25, -0.2) is 9.98 Å². The Bertz CT molecular complexity index is 983. The first-order valence-corrected chi connectivity index (χ1v) is 10.9. The molecule has 1 heterocycles. The van der Waals surface area contributed by atoms with Crippen LogP contribution in [0.5, 0.6) is 5.75 Å². The van der Waals surface area contributed by atoms with E-state index in [-0.39, 0.29) is 0 Å². The summed E-state index contributed by atoms with van der Waals surface area (Å²) in [5.41, 5.74) is 3.34. The fourth-order valence-electron chi connectivity index (χ4n) is 3.41. The predicted molar refractivity (Wildman–Crippen MR) is 126 cm³/mol. The molecule has 0 aliphatic carbocycles. The van der Waals surface area contributed by atoms with E-state index in [1.54, 1.807) is 7.11 Å². The third kappa shape index (κ3) is 6.72. The zero-order valence-electron chi connectivity index (χ0n) is 18.7. The van der Waals surface area contributed by atoms with Crippen LogP contribution in [0.1, 0.15) is 24.7 Å². The number of fused-ring (bicyclic) bond motifs is 1. The first-order valence-electron chi connectivity index (χ1n) is 10.9. The minimum atomic E-state index is 0.541. The second-order valence-electron chi connectivity index (χ2n) is 7.26. The molecule has 0 aliphatic rings. The third-order valence-electron chi connectivity index (χ3n) is 4.91. The quantitative estimate of drug-likeness (QED) is 0.280. The molecule has 0 atom stereocenters. The van der Waals surface area contributed by atoms with Crippen molar-refractivity contribution in [3.05, 3.63) is 59.9 Å². The molecule has 7 nitrogen and oxygen atoms in total. The van der Waals surface area contributed by atoms with Gasteiger partial charge in [-0.1, -0.05) is 24.3 Å². The fraction of sp³-hybridized carbons (Fsp3) is 0.417. The Morgan fingerprint density at radius 3 is 2.81 bits per heavy atom. The van der Waals surface area contributed by atoms with E-state index in [2.05, 4.69) is 58.3 Å². The predicted octanol–water partition coefficient (Wildman–Crippen LogP) is 3.52. The molecule has 31 heavy (non-hydrogen) atoms. The molecule has 166 valence electrons. The second-order valence-corrected chi connectivity index (χ2v) is 7.26. The van der Waals surface area contributed by atoms with E-state index in [9.17, 15) is 0 Å². The average Bonchev–Trinajstić information content (AvgIpc) is 3.10. The Hall–Kier alpha value is -3.06. The van der Waals surface area contributed by atoms with E-state index in [1.807, 2.05) is 24.3 Å². The van der Waals surface area contributed by atoms with Crippen LogP contribution in [-0.2, 0) is 17.8 Å². The van der Waals surface area contributed by atoms with Crippen molar-refractivity contribution in [2.24, 2.45) is 4.99 Å². The van der Waals surface area contributed by atoms with Crippen LogP contribution in [0.15, 0.2) is 53.5 Å². The molecule has 3 aromatic rings. The normalized spacial score (nSPS) is 11.6. The number of imidazole rings is 1. The van der Waals surface area contributed by atoms with E-state index in [0.29, 0.717) is 19.8 Å². The summed E-state index contributed by atoms with van der Waals surface area (Å²) in [6.45, 7) is 8.40. The molecule has 0 spiro atoms. The standard InChI is InChI=1S/C24H33N5O2/c1-4-25-24(27-18-20-9-7-10-21(17-20)31-16-15-30-3)26-13-8-14-29-19(2)28-22-11-5-6-12-23(22)29/h5-7,9-12,17H,4,8,13-16,18H2,1-3H3,(H2,25,26,27). The number of hydrogen-bond donors (Lipinski definition) is 2. The number of ether oxygens (including phenoxy) is 2. The molecule has 2 aromatic carbocycles. The number of benzene rings is 2. The van der Waals surface area contributed by atoms with Gasteiger partial charge in [-0.05, 0) is 50.1 Å². The Morgan fingerprint density at radius 2 is 1.97 bits per heavy atom. The molecule has 1 aromatic heterocycles. The van der Waals surface area contributed by atoms with Crippen LogP contribution in [0.3, 0.4) is 0 Å². The van der Waals surface area contributed by atoms with Crippen molar-refractivity contribution in [3.8, 4) is 5.75 Å². The van der Waals surface area contributed by atoms with E-state index in [4.69, 9.17) is 14.5 Å². The van der Waals surface area contributed by atoms with Gasteiger partial charge in [0.2, 0.25) is 0 Å². The highest BCUT2D eigenvalue weighted by Crippen LogP contribution is 2.16. The molecule has 3 rings (SSSR count). The van der Waals surface area contributed by atoms with Gasteiger partial charge in [0, 0.05) is 26.7 Å². The summed E-state index contributed by atoms with van der Waals surface area (Å²) in [6.07, 6.45) is 0.981. The van der Waals surface area contributed by atoms with Gasteiger partial charge >= 0.3 is 0 Å². The summed E-state index contributed by atoms with van der Waals surface area (Å²) in [5, 5.41) is 6.75. The minimum Gasteiger partial charge on any atom is -0.491 e. The highest BCUT2D eigenvalue weighted by molar-refractivity contribution is 5.79. The minimum absolute atomic E-state index is 0.541.